The molecule has 354 valence electrons. The number of piperidine rings is 1. The largest absolute Gasteiger partial charge is 0.378 e. The maximum absolute atomic E-state index is 14.0. The minimum Gasteiger partial charge on any atom is -0.378 e. The number of carbonyl (C=O) groups excluding carboxylic acids is 1. The molecule has 3 aliphatic heterocycles. The van der Waals surface area contributed by atoms with Crippen LogP contribution in [0.1, 0.15) is 63.7 Å². The number of hydrogen-bond donors (Lipinski definition) is 0. The van der Waals surface area contributed by atoms with Crippen molar-refractivity contribution in [1.82, 2.24) is 19.5 Å². The Morgan fingerprint density at radius 2 is 1.40 bits per heavy atom. The van der Waals surface area contributed by atoms with Gasteiger partial charge in [-0.2, -0.15) is 9.61 Å². The van der Waals surface area contributed by atoms with E-state index in [2.05, 4.69) is 121 Å². The number of carbonyl (C=O) groups is 1. The van der Waals surface area contributed by atoms with Gasteiger partial charge in [-0.1, -0.05) is 25.7 Å². The van der Waals surface area contributed by atoms with Gasteiger partial charge in [0.2, 0.25) is 0 Å². The summed E-state index contributed by atoms with van der Waals surface area (Å²) in [6.45, 7) is 6.90. The lowest BCUT2D eigenvalue weighted by Crippen LogP contribution is -2.39. The van der Waals surface area contributed by atoms with Gasteiger partial charge in [-0.25, -0.2) is 13.4 Å². The van der Waals surface area contributed by atoms with E-state index in [0.29, 0.717) is 44.1 Å². The summed E-state index contributed by atoms with van der Waals surface area (Å²) in [5, 5.41) is 5.04. The number of rotatable bonds is 16. The monoisotopic (exact) mass is 1340 g/mol. The zero-order valence-electron chi connectivity index (χ0n) is 34.8. The highest BCUT2D eigenvalue weighted by Gasteiger charge is 2.46. The second-order valence-corrected chi connectivity index (χ2v) is 115. The predicted molar refractivity (Wildman–Crippen MR) is 353 cm³/mol. The molecule has 2 aromatic heterocycles. The van der Waals surface area contributed by atoms with Gasteiger partial charge in [0.1, 0.15) is 5.82 Å². The number of amides is 1. The first kappa shape index (κ1) is 61.6. The number of sulfone groups is 1. The van der Waals surface area contributed by atoms with Crippen molar-refractivity contribution < 1.29 is 22.7 Å². The molecule has 17 atom stereocenters. The van der Waals surface area contributed by atoms with Crippen molar-refractivity contribution in [2.45, 2.75) is 51.2 Å². The summed E-state index contributed by atoms with van der Waals surface area (Å²) >= 11 is 0. The predicted octanol–water partition coefficient (Wildman–Crippen LogP) is 17.1. The fraction of sp³-hybridized carbons (Fsp3) is 0.519. The highest BCUT2D eigenvalue weighted by molar-refractivity contribution is 9.40. The van der Waals surface area contributed by atoms with E-state index in [1.54, 1.807) is 12.1 Å². The molecule has 0 bridgehead atoms. The molecule has 0 radical (unpaired) electrons. The smallest absolute Gasteiger partial charge is 0.254 e. The molecule has 2 saturated heterocycles. The van der Waals surface area contributed by atoms with Crippen LogP contribution in [0, 0.1) is 6.92 Å². The van der Waals surface area contributed by atoms with Crippen LogP contribution in [0.15, 0.2) is 24.3 Å². The molecule has 3 aromatic rings. The van der Waals surface area contributed by atoms with Crippen LogP contribution in [0.25, 0.3) is 5.65 Å². The fourth-order valence-corrected chi connectivity index (χ4v) is 322. The average Bonchev–Trinajstić information content (AvgIpc) is 3.85. The summed E-state index contributed by atoms with van der Waals surface area (Å²) < 4.78 is 37.4. The number of aromatic nitrogens is 3. The van der Waals surface area contributed by atoms with Gasteiger partial charge in [0.05, 0.1) is 49.6 Å². The molecule has 63 heavy (non-hydrogen) atoms. The van der Waals surface area contributed by atoms with Crippen LogP contribution in [0.2, 0.25) is 0 Å². The van der Waals surface area contributed by atoms with Crippen molar-refractivity contribution >= 4 is 228 Å². The molecule has 6 rings (SSSR count). The molecule has 1 aromatic carbocycles. The number of likely N-dealkylation sites (tertiary alicyclic amines) is 1. The van der Waals surface area contributed by atoms with Crippen molar-refractivity contribution in [3.8, 4) is 0 Å². The van der Waals surface area contributed by atoms with Crippen molar-refractivity contribution in [3.63, 3.8) is 0 Å². The summed E-state index contributed by atoms with van der Waals surface area (Å²) in [7, 11) is 39.7. The lowest BCUT2D eigenvalue weighted by molar-refractivity contribution is 0.0604. The number of aryl methyl sites for hydroxylation is 1. The van der Waals surface area contributed by atoms with Gasteiger partial charge in [0.15, 0.2) is 15.5 Å². The summed E-state index contributed by atoms with van der Waals surface area (Å²) in [6.07, 6.45) is 3.87. The van der Waals surface area contributed by atoms with Crippen LogP contribution < -0.4 is 4.90 Å². The third-order valence-corrected chi connectivity index (χ3v) is 172. The molecule has 0 saturated carbocycles. The average molecular weight is 1340 g/mol. The van der Waals surface area contributed by atoms with Crippen molar-refractivity contribution in [2.75, 3.05) is 44.0 Å². The summed E-state index contributed by atoms with van der Waals surface area (Å²) in [4.78, 5) is 23.0. The van der Waals surface area contributed by atoms with E-state index >= 15 is 0 Å². The first-order valence-corrected chi connectivity index (χ1v) is 65.7. The number of benzene rings is 1. The molecule has 3 aliphatic rings. The van der Waals surface area contributed by atoms with Gasteiger partial charge in [0.25, 0.3) is 5.91 Å². The number of anilines is 1. The number of nitrogens with zero attached hydrogens (tertiary/aromatic N) is 5. The van der Waals surface area contributed by atoms with Gasteiger partial charge in [0, 0.05) is 43.1 Å². The van der Waals surface area contributed by atoms with Gasteiger partial charge in [-0.15, -0.1) is 116 Å². The quantitative estimate of drug-likeness (QED) is 0.131. The number of hydrogen-bond acceptors (Lipinski definition) is 8. The standard InChI is InChI=1S/C27H33N5O5S.H27P25/c1-18-6-7-19(17-38(2,34)35)20(13-18)27(33)31-8-4-3-5-24(31)22-14-25-28-23-16-37-15-21(23)26(32(25)29-22)30-9-11-36-12-10-30;1-14-21(15(2)3)24(20(12)13)25(22(16(4)5)17(6)7)23(18(8)9)19(10)11/h6-7,13-14,24H,3-5,8-12,15-17H2,1-2H3;14H,1-13H2. The molecule has 10 nitrogen and oxygen atoms in total. The van der Waals surface area contributed by atoms with Gasteiger partial charge in [-0.05, 0) is 115 Å². The second-order valence-electron chi connectivity index (χ2n) is 14.3. The van der Waals surface area contributed by atoms with Crippen molar-refractivity contribution in [3.05, 3.63) is 57.9 Å². The first-order chi connectivity index (χ1) is 29.7. The van der Waals surface area contributed by atoms with E-state index < -0.39 is 9.84 Å². The minimum atomic E-state index is -3.30. The molecular weight excluding hydrogens is 1280 g/mol. The Kier molecular flexibility index (Phi) is 28.8. The topological polar surface area (TPSA) is 106 Å². The van der Waals surface area contributed by atoms with Crippen LogP contribution in [-0.4, -0.2) is 72.9 Å². The summed E-state index contributed by atoms with van der Waals surface area (Å²) in [5.74, 6) is 0.688. The van der Waals surface area contributed by atoms with Gasteiger partial charge < -0.3 is 19.3 Å². The Labute approximate surface area is 419 Å². The highest BCUT2D eigenvalue weighted by Crippen LogP contribution is 3.34. The number of ether oxygens (including phenoxy) is 2. The Balaban J connectivity index is 0.000000263. The van der Waals surface area contributed by atoms with Crippen molar-refractivity contribution in [2.24, 2.45) is 0 Å². The maximum atomic E-state index is 14.0. The molecule has 0 spiro atoms. The van der Waals surface area contributed by atoms with Crippen LogP contribution in [0.3, 0.4) is 0 Å². The first-order valence-electron chi connectivity index (χ1n) is 18.8. The lowest BCUT2D eigenvalue weighted by atomic mass is 9.96. The Hall–Kier alpha value is 7.73. The Morgan fingerprint density at radius 1 is 0.794 bits per heavy atom. The molecule has 0 aliphatic carbocycles. The van der Waals surface area contributed by atoms with Crippen molar-refractivity contribution in [1.29, 1.82) is 0 Å². The van der Waals surface area contributed by atoms with E-state index in [9.17, 15) is 13.2 Å². The Bertz CT molecular complexity index is 2080. The second kappa shape index (κ2) is 29.5. The molecule has 17 unspecified atom stereocenters. The molecule has 2 fully saturated rings. The summed E-state index contributed by atoms with van der Waals surface area (Å²) in [6, 6.07) is 7.20. The lowest BCUT2D eigenvalue weighted by Gasteiger charge is -2.49. The van der Waals surface area contributed by atoms with E-state index in [1.807, 2.05) is 28.5 Å². The number of fused-ring (bicyclic) bond motifs is 2. The molecular formula is C27H60N5O5P25S. The third-order valence-electron chi connectivity index (χ3n) is 9.61. The highest BCUT2D eigenvalue weighted by atomic mass is 33.5. The minimum absolute atomic E-state index is 0.00618. The maximum Gasteiger partial charge on any atom is 0.254 e. The SMILES string of the molecule is Cc1ccc(CS(C)(=O)=O)c(C(=O)N2CCCCC2c2cc3nc4c(c(N5CCOCC5)n3n2)COC4)c1.PPP(P(P)P)P(P(P)P)P(P(P(P)P)P(P)P)P(P(P)P)P(P)P. The van der Waals surface area contributed by atoms with Gasteiger partial charge >= 0.3 is 0 Å². The van der Waals surface area contributed by atoms with E-state index in [-0.39, 0.29) is 94.6 Å². The molecule has 1 amide bonds. The van der Waals surface area contributed by atoms with Crippen LogP contribution in [0.4, 0.5) is 5.82 Å². The Morgan fingerprint density at radius 3 is 1.94 bits per heavy atom. The molecule has 5 heterocycles. The molecule has 36 heteroatoms. The van der Waals surface area contributed by atoms with Crippen LogP contribution >= 0.6 is 201 Å². The third kappa shape index (κ3) is 17.1. The van der Waals surface area contributed by atoms with E-state index in [1.165, 1.54) is 6.26 Å². The van der Waals surface area contributed by atoms with Gasteiger partial charge in [-0.3, -0.25) is 4.79 Å². The fourth-order valence-electron chi connectivity index (χ4n) is 7.10. The van der Waals surface area contributed by atoms with Crippen LogP contribution in [0.5, 0.6) is 0 Å². The number of morpholine rings is 1. The van der Waals surface area contributed by atoms with E-state index in [4.69, 9.17) is 19.6 Å². The normalized spacial score (nSPS) is 18.8. The summed E-state index contributed by atoms with van der Waals surface area (Å²) in [5.41, 5.74) is 5.47. The zero-order chi connectivity index (χ0) is 46.5. The van der Waals surface area contributed by atoms with E-state index in [0.717, 1.165) is 74.3 Å². The zero-order valence-corrected chi connectivity index (χ0v) is 61.4. The van der Waals surface area contributed by atoms with Crippen LogP contribution in [-0.2, 0) is 38.3 Å². The molecule has 0 N–H and O–H groups in total.